The van der Waals surface area contributed by atoms with E-state index in [1.165, 1.54) is 30.6 Å². The van der Waals surface area contributed by atoms with Crippen LogP contribution in [0.3, 0.4) is 0 Å². The Kier molecular flexibility index (Phi) is 6.68. The second-order valence-corrected chi connectivity index (χ2v) is 8.83. The van der Waals surface area contributed by atoms with Gasteiger partial charge in [-0.1, -0.05) is 60.7 Å². The van der Waals surface area contributed by atoms with Crippen molar-refractivity contribution in [3.05, 3.63) is 106 Å². The lowest BCUT2D eigenvalue weighted by atomic mass is 10.2. The summed E-state index contributed by atoms with van der Waals surface area (Å²) < 4.78 is 11.7. The minimum absolute atomic E-state index is 0.649. The first-order valence-electron chi connectivity index (χ1n) is 9.28. The molecule has 4 heteroatoms. The Morgan fingerprint density at radius 1 is 0.464 bits per heavy atom. The van der Waals surface area contributed by atoms with E-state index in [-0.39, 0.29) is 0 Å². The van der Waals surface area contributed by atoms with Crippen molar-refractivity contribution in [2.75, 3.05) is 0 Å². The molecule has 0 saturated heterocycles. The average Bonchev–Trinajstić information content (AvgIpc) is 3.39. The smallest absolute Gasteiger partial charge is 0.0814 e. The van der Waals surface area contributed by atoms with Gasteiger partial charge < -0.3 is 9.47 Å². The number of thiophene rings is 2. The van der Waals surface area contributed by atoms with Gasteiger partial charge in [-0.3, -0.25) is 0 Å². The Morgan fingerprint density at radius 2 is 0.893 bits per heavy atom. The molecule has 4 rings (SSSR count). The largest absolute Gasteiger partial charge is 0.371 e. The van der Waals surface area contributed by atoms with Crippen LogP contribution in [0.4, 0.5) is 0 Å². The summed E-state index contributed by atoms with van der Waals surface area (Å²) in [6.45, 7) is 2.60. The Balaban J connectivity index is 1.27. The van der Waals surface area contributed by atoms with Gasteiger partial charge in [0.2, 0.25) is 0 Å². The zero-order valence-electron chi connectivity index (χ0n) is 15.5. The van der Waals surface area contributed by atoms with Gasteiger partial charge in [-0.15, -0.1) is 22.7 Å². The molecule has 0 aliphatic rings. The zero-order valence-corrected chi connectivity index (χ0v) is 17.2. The van der Waals surface area contributed by atoms with Crippen molar-refractivity contribution in [2.24, 2.45) is 0 Å². The molecule has 2 aromatic carbocycles. The van der Waals surface area contributed by atoms with Crippen molar-refractivity contribution < 1.29 is 9.47 Å². The molecule has 0 fully saturated rings. The Morgan fingerprint density at radius 3 is 1.32 bits per heavy atom. The standard InChI is InChI=1S/C24H22O2S2/c1-3-7-19(8-4-1)15-25-17-21-11-13-23(27-21)24-14-12-22(28-24)18-26-16-20-9-5-2-6-10-20/h1-14H,15-18H2. The van der Waals surface area contributed by atoms with Gasteiger partial charge in [-0.2, -0.15) is 0 Å². The van der Waals surface area contributed by atoms with Crippen molar-refractivity contribution in [3.63, 3.8) is 0 Å². The molecule has 142 valence electrons. The van der Waals surface area contributed by atoms with Gasteiger partial charge in [0.1, 0.15) is 0 Å². The van der Waals surface area contributed by atoms with Crippen molar-refractivity contribution in [1.29, 1.82) is 0 Å². The summed E-state index contributed by atoms with van der Waals surface area (Å²) in [5, 5.41) is 0. The van der Waals surface area contributed by atoms with E-state index >= 15 is 0 Å². The van der Waals surface area contributed by atoms with E-state index in [2.05, 4.69) is 48.5 Å². The van der Waals surface area contributed by atoms with Crippen molar-refractivity contribution in [1.82, 2.24) is 0 Å². The van der Waals surface area contributed by atoms with Crippen LogP contribution in [0, 0.1) is 0 Å². The quantitative estimate of drug-likeness (QED) is 0.301. The van der Waals surface area contributed by atoms with E-state index in [9.17, 15) is 0 Å². The normalized spacial score (nSPS) is 11.0. The molecule has 2 aromatic heterocycles. The fourth-order valence-corrected chi connectivity index (χ4v) is 4.84. The number of benzene rings is 2. The molecule has 0 atom stereocenters. The van der Waals surface area contributed by atoms with E-state index in [4.69, 9.17) is 9.47 Å². The maximum Gasteiger partial charge on any atom is 0.0814 e. The number of hydrogen-bond donors (Lipinski definition) is 0. The van der Waals surface area contributed by atoms with Crippen LogP contribution in [-0.4, -0.2) is 0 Å². The van der Waals surface area contributed by atoms with Crippen molar-refractivity contribution >= 4 is 22.7 Å². The first-order valence-corrected chi connectivity index (χ1v) is 10.9. The predicted octanol–water partition coefficient (Wildman–Crippen LogP) is 6.91. The molecule has 0 radical (unpaired) electrons. The highest BCUT2D eigenvalue weighted by atomic mass is 32.1. The molecule has 0 aliphatic carbocycles. The molecule has 0 N–H and O–H groups in total. The first kappa shape index (κ1) is 19.1. The minimum Gasteiger partial charge on any atom is -0.371 e. The maximum atomic E-state index is 5.85. The van der Waals surface area contributed by atoms with Crippen LogP contribution >= 0.6 is 22.7 Å². The van der Waals surface area contributed by atoms with E-state index in [1.807, 2.05) is 36.4 Å². The SMILES string of the molecule is c1ccc(COCc2ccc(-c3ccc(COCc4ccccc4)s3)s2)cc1. The van der Waals surface area contributed by atoms with E-state index in [0.29, 0.717) is 26.4 Å². The highest BCUT2D eigenvalue weighted by Crippen LogP contribution is 2.34. The lowest BCUT2D eigenvalue weighted by Crippen LogP contribution is -1.91. The fourth-order valence-electron chi connectivity index (χ4n) is 2.86. The van der Waals surface area contributed by atoms with Crippen LogP contribution in [0.1, 0.15) is 20.9 Å². The van der Waals surface area contributed by atoms with Crippen LogP contribution in [0.15, 0.2) is 84.9 Å². The zero-order chi connectivity index (χ0) is 19.0. The topological polar surface area (TPSA) is 18.5 Å². The molecule has 2 nitrogen and oxygen atoms in total. The molecule has 0 unspecified atom stereocenters. The third-order valence-electron chi connectivity index (χ3n) is 4.28. The predicted molar refractivity (Wildman–Crippen MR) is 118 cm³/mol. The molecule has 28 heavy (non-hydrogen) atoms. The number of ether oxygens (including phenoxy) is 2. The second kappa shape index (κ2) is 9.80. The fraction of sp³-hybridized carbons (Fsp3) is 0.167. The van der Waals surface area contributed by atoms with Crippen LogP contribution in [-0.2, 0) is 35.9 Å². The lowest BCUT2D eigenvalue weighted by Gasteiger charge is -2.02. The van der Waals surface area contributed by atoms with Crippen LogP contribution in [0.25, 0.3) is 9.75 Å². The molecule has 0 aliphatic heterocycles. The number of hydrogen-bond acceptors (Lipinski definition) is 4. The number of rotatable bonds is 9. The monoisotopic (exact) mass is 406 g/mol. The Labute approximate surface area is 174 Å². The van der Waals surface area contributed by atoms with Crippen LogP contribution in [0.5, 0.6) is 0 Å². The van der Waals surface area contributed by atoms with Gasteiger partial charge in [0.05, 0.1) is 26.4 Å². The van der Waals surface area contributed by atoms with Crippen molar-refractivity contribution in [3.8, 4) is 9.75 Å². The average molecular weight is 407 g/mol. The Hall–Kier alpha value is -2.24. The minimum atomic E-state index is 0.649. The summed E-state index contributed by atoms with van der Waals surface area (Å²) in [6.07, 6.45) is 0. The lowest BCUT2D eigenvalue weighted by molar-refractivity contribution is 0.109. The summed E-state index contributed by atoms with van der Waals surface area (Å²) in [7, 11) is 0. The first-order chi connectivity index (χ1) is 13.9. The van der Waals surface area contributed by atoms with Gasteiger partial charge in [-0.05, 0) is 35.4 Å². The summed E-state index contributed by atoms with van der Waals surface area (Å²) in [5.74, 6) is 0. The van der Waals surface area contributed by atoms with Crippen molar-refractivity contribution in [2.45, 2.75) is 26.4 Å². The molecule has 0 spiro atoms. The molecule has 0 amide bonds. The van der Waals surface area contributed by atoms with Gasteiger partial charge in [0.25, 0.3) is 0 Å². The van der Waals surface area contributed by atoms with E-state index in [0.717, 1.165) is 0 Å². The molecule has 0 saturated carbocycles. The third kappa shape index (κ3) is 5.40. The highest BCUT2D eigenvalue weighted by Gasteiger charge is 2.07. The summed E-state index contributed by atoms with van der Waals surface area (Å²) in [5.41, 5.74) is 2.41. The summed E-state index contributed by atoms with van der Waals surface area (Å²) in [6, 6.07) is 29.3. The molecule has 4 aromatic rings. The second-order valence-electron chi connectivity index (χ2n) is 6.49. The van der Waals surface area contributed by atoms with Gasteiger partial charge >= 0.3 is 0 Å². The van der Waals surface area contributed by atoms with Gasteiger partial charge in [0.15, 0.2) is 0 Å². The molecule has 2 heterocycles. The molecular weight excluding hydrogens is 384 g/mol. The summed E-state index contributed by atoms with van der Waals surface area (Å²) in [4.78, 5) is 5.08. The molecular formula is C24H22O2S2. The highest BCUT2D eigenvalue weighted by molar-refractivity contribution is 7.22. The van der Waals surface area contributed by atoms with Gasteiger partial charge in [0, 0.05) is 19.5 Å². The Bertz CT molecular complexity index is 892. The third-order valence-corrected chi connectivity index (χ3v) is 6.59. The van der Waals surface area contributed by atoms with Crippen LogP contribution < -0.4 is 0 Å². The van der Waals surface area contributed by atoms with E-state index in [1.54, 1.807) is 22.7 Å². The van der Waals surface area contributed by atoms with Crippen LogP contribution in [0.2, 0.25) is 0 Å². The van der Waals surface area contributed by atoms with E-state index < -0.39 is 0 Å². The maximum absolute atomic E-state index is 5.85. The summed E-state index contributed by atoms with van der Waals surface area (Å²) >= 11 is 3.60. The van der Waals surface area contributed by atoms with Gasteiger partial charge in [-0.25, -0.2) is 0 Å². The molecule has 0 bridgehead atoms.